The van der Waals surface area contributed by atoms with Crippen LogP contribution in [-0.2, 0) is 9.59 Å². The molecule has 0 bridgehead atoms. The summed E-state index contributed by atoms with van der Waals surface area (Å²) in [5.74, 6) is -1.70. The average Bonchev–Trinajstić information content (AvgIpc) is 3.15. The van der Waals surface area contributed by atoms with Crippen molar-refractivity contribution in [3.63, 3.8) is 0 Å². The summed E-state index contributed by atoms with van der Waals surface area (Å²) in [5, 5.41) is 16.2. The number of fused-ring (bicyclic) bond motifs is 1. The van der Waals surface area contributed by atoms with E-state index in [1.54, 1.807) is 45.0 Å². The lowest BCUT2D eigenvalue weighted by molar-refractivity contribution is -0.159. The number of thioether (sulfide) groups is 1. The fourth-order valence-corrected chi connectivity index (χ4v) is 5.69. The number of carbonyl (C=O) groups excluding carboxylic acids is 2. The number of aliphatic carboxylic acids is 1. The van der Waals surface area contributed by atoms with Gasteiger partial charge in [0.05, 0.1) is 5.02 Å². The molecule has 2 aliphatic heterocycles. The summed E-state index contributed by atoms with van der Waals surface area (Å²) < 4.78 is 4.54. The van der Waals surface area contributed by atoms with E-state index in [-0.39, 0.29) is 11.3 Å². The second-order valence-corrected chi connectivity index (χ2v) is 9.67. The van der Waals surface area contributed by atoms with Crippen molar-refractivity contribution in [1.29, 1.82) is 0 Å². The Morgan fingerprint density at radius 3 is 2.69 bits per heavy atom. The summed E-state index contributed by atoms with van der Waals surface area (Å²) in [5.41, 5.74) is 1.03. The number of hydrogen-bond acceptors (Lipinski definition) is 6. The molecule has 1 aromatic heterocycles. The van der Waals surface area contributed by atoms with E-state index in [9.17, 15) is 19.5 Å². The second kappa shape index (κ2) is 6.77. The lowest BCUT2D eigenvalue weighted by Crippen LogP contribution is -2.70. The van der Waals surface area contributed by atoms with Crippen LogP contribution in [0, 0.1) is 6.92 Å². The number of amides is 2. The molecule has 2 N–H and O–H groups in total. The minimum absolute atomic E-state index is 0.196. The van der Waals surface area contributed by atoms with Gasteiger partial charge in [0, 0.05) is 10.3 Å². The van der Waals surface area contributed by atoms with Gasteiger partial charge in [-0.15, -0.1) is 11.8 Å². The SMILES string of the molecule is CC1(C)S[C@@H]2[C@H](N[13C](=O)[13c]3c(-c4ccccc4Cl)[15n]o[13c]3[13CH3])C(=O)N2[C@H]1C(=O)O. The summed E-state index contributed by atoms with van der Waals surface area (Å²) in [7, 11) is 0. The average molecular weight is 441 g/mol. The molecule has 0 unspecified atom stereocenters. The smallest absolute Gasteiger partial charge is 0.327 e. The summed E-state index contributed by atoms with van der Waals surface area (Å²) >= 11 is 7.59. The van der Waals surface area contributed by atoms with E-state index >= 15 is 0 Å². The highest BCUT2D eigenvalue weighted by Crippen LogP contribution is 2.50. The molecule has 3 atom stereocenters. The minimum atomic E-state index is -1.06. The Morgan fingerprint density at radius 2 is 2.03 bits per heavy atom. The Hall–Kier alpha value is -2.52. The van der Waals surface area contributed by atoms with Gasteiger partial charge < -0.3 is 19.8 Å². The van der Waals surface area contributed by atoms with Crippen LogP contribution in [0.1, 0.15) is 30.0 Å². The van der Waals surface area contributed by atoms with Crippen LogP contribution >= 0.6 is 23.4 Å². The van der Waals surface area contributed by atoms with E-state index in [4.69, 9.17) is 16.1 Å². The van der Waals surface area contributed by atoms with Gasteiger partial charge in [-0.25, -0.2) is 4.79 Å². The molecule has 10 heteroatoms. The third-order valence-corrected chi connectivity index (χ3v) is 7.08. The first-order chi connectivity index (χ1) is 13.6. The predicted octanol–water partition coefficient (Wildman–Crippen LogP) is 2.55. The number of rotatable bonds is 4. The zero-order chi connectivity index (χ0) is 21.1. The Bertz CT molecular complexity index is 1040. The number of β-lactam (4-membered cyclic amide) rings is 1. The van der Waals surface area contributed by atoms with Crippen molar-refractivity contribution in [2.24, 2.45) is 0 Å². The number of benzene rings is 1. The normalized spacial score (nSPS) is 24.8. The van der Waals surface area contributed by atoms with E-state index < -0.39 is 40.0 Å². The predicted molar refractivity (Wildman–Crippen MR) is 107 cm³/mol. The van der Waals surface area contributed by atoms with Crippen LogP contribution in [-0.4, -0.2) is 55.2 Å². The first kappa shape index (κ1) is 19.8. The Morgan fingerprint density at radius 1 is 1.34 bits per heavy atom. The zero-order valence-corrected chi connectivity index (χ0v) is 17.4. The third kappa shape index (κ3) is 3.00. The fraction of sp³-hybridized carbons (Fsp3) is 0.368. The molecule has 8 nitrogen and oxygen atoms in total. The van der Waals surface area contributed by atoms with Crippen molar-refractivity contribution >= 4 is 41.1 Å². The second-order valence-electron chi connectivity index (χ2n) is 7.49. The standard InChI is InChI=1S/C19H18ClN3O5S/c1-8-11(12(22-28-8)9-6-4-5-7-10(9)20)15(24)21-13-16(25)23-14(18(26)27)19(2,3)29-17(13)23/h4-7,13-14,17H,1-3H3,(H,21,24)(H,26,27)/t13-,14+,17-/m1/s1/i1+1,8+1,11+1,15+1,22+1. The molecule has 2 amide bonds. The summed E-state index contributed by atoms with van der Waals surface area (Å²) in [6, 6.07) is 5.18. The van der Waals surface area contributed by atoms with Crippen LogP contribution in [0.3, 0.4) is 0 Å². The van der Waals surface area contributed by atoms with Gasteiger partial charge in [-0.1, -0.05) is 35.0 Å². The van der Waals surface area contributed by atoms with Gasteiger partial charge in [0.25, 0.3) is 5.91 Å². The monoisotopic (exact) mass is 440 g/mol. The molecule has 0 aliphatic carbocycles. The van der Waals surface area contributed by atoms with Gasteiger partial charge in [-0.3, -0.25) is 9.59 Å². The number of carbonyl (C=O) groups is 3. The van der Waals surface area contributed by atoms with Crippen molar-refractivity contribution in [3.8, 4) is 11.3 Å². The molecule has 29 heavy (non-hydrogen) atoms. The van der Waals surface area contributed by atoms with Crippen LogP contribution in [0.15, 0.2) is 28.8 Å². The highest BCUT2D eigenvalue weighted by atomic mass is 35.5. The molecule has 4 rings (SSSR count). The number of aryl methyl sites for hydroxylation is 1. The van der Waals surface area contributed by atoms with E-state index in [1.165, 1.54) is 16.7 Å². The molecule has 2 aliphatic rings. The van der Waals surface area contributed by atoms with Crippen LogP contribution < -0.4 is 5.32 Å². The number of nitrogens with zero attached hydrogens (tertiary/aromatic N) is 2. The summed E-state index contributed by atoms with van der Waals surface area (Å²) in [6.07, 6.45) is 0. The Kier molecular flexibility index (Phi) is 4.62. The quantitative estimate of drug-likeness (QED) is 0.554. The molecule has 2 saturated heterocycles. The molecule has 0 saturated carbocycles. The first-order valence-corrected chi connectivity index (χ1v) is 10.1. The lowest BCUT2D eigenvalue weighted by Gasteiger charge is -2.43. The lowest BCUT2D eigenvalue weighted by atomic mass is 9.96. The van der Waals surface area contributed by atoms with Crippen molar-refractivity contribution in [2.45, 2.75) is 43.0 Å². The maximum Gasteiger partial charge on any atom is 0.327 e. The number of nitrogens with one attached hydrogen (secondary N) is 1. The number of carboxylic acid groups (broad SMARTS) is 1. The maximum atomic E-state index is 13.0. The van der Waals surface area contributed by atoms with E-state index in [1.807, 2.05) is 0 Å². The molecule has 1 aromatic carbocycles. The van der Waals surface area contributed by atoms with Crippen molar-refractivity contribution in [1.82, 2.24) is 15.4 Å². The van der Waals surface area contributed by atoms with Gasteiger partial charge in [0.15, 0.2) is 0 Å². The van der Waals surface area contributed by atoms with Crippen LogP contribution in [0.25, 0.3) is 11.3 Å². The van der Waals surface area contributed by atoms with Gasteiger partial charge in [-0.2, -0.15) is 0 Å². The molecular weight excluding hydrogens is 423 g/mol. The number of aromatic nitrogens is 1. The highest BCUT2D eigenvalue weighted by molar-refractivity contribution is 8.01. The molecular formula is C19H18ClN3O5S. The van der Waals surface area contributed by atoms with Crippen molar-refractivity contribution < 1.29 is 24.0 Å². The maximum absolute atomic E-state index is 13.0. The van der Waals surface area contributed by atoms with Crippen LogP contribution in [0.4, 0.5) is 0 Å². The molecule has 2 aromatic rings. The summed E-state index contributed by atoms with van der Waals surface area (Å²) in [6.45, 7) is 5.16. The molecule has 2 fully saturated rings. The molecule has 152 valence electrons. The third-order valence-electron chi connectivity index (χ3n) is 5.18. The Balaban J connectivity index is 1.60. The fourth-order valence-electron chi connectivity index (χ4n) is 3.84. The summed E-state index contributed by atoms with van der Waals surface area (Å²) in [4.78, 5) is 38.6. The first-order valence-electron chi connectivity index (χ1n) is 8.88. The van der Waals surface area contributed by atoms with Crippen molar-refractivity contribution in [3.05, 3.63) is 40.6 Å². The topological polar surface area (TPSA) is 113 Å². The van der Waals surface area contributed by atoms with E-state index in [2.05, 4.69) is 10.5 Å². The van der Waals surface area contributed by atoms with Gasteiger partial charge in [0.2, 0.25) is 5.91 Å². The molecule has 0 radical (unpaired) electrons. The molecule has 0 spiro atoms. The van der Waals surface area contributed by atoms with Crippen molar-refractivity contribution in [2.75, 3.05) is 0 Å². The highest BCUT2D eigenvalue weighted by Gasteiger charge is 2.64. The number of carboxylic acids is 1. The van der Waals surface area contributed by atoms with Gasteiger partial charge in [-0.05, 0) is 26.8 Å². The Labute approximate surface area is 175 Å². The number of halogens is 1. The number of hydrogen-bond donors (Lipinski definition) is 2. The van der Waals surface area contributed by atoms with Crippen LogP contribution in [0.2, 0.25) is 5.02 Å². The van der Waals surface area contributed by atoms with E-state index in [0.29, 0.717) is 16.3 Å². The largest absolute Gasteiger partial charge is 0.480 e. The zero-order valence-electron chi connectivity index (χ0n) is 15.8. The van der Waals surface area contributed by atoms with E-state index in [0.717, 1.165) is 0 Å². The van der Waals surface area contributed by atoms with Gasteiger partial charge >= 0.3 is 5.97 Å². The minimum Gasteiger partial charge on any atom is -0.480 e. The molecule has 3 heterocycles. The van der Waals surface area contributed by atoms with Crippen LogP contribution in [0.5, 0.6) is 0 Å². The van der Waals surface area contributed by atoms with Gasteiger partial charge in [0.1, 0.15) is 34.5 Å².